The Kier molecular flexibility index (Phi) is 6.31. The fourth-order valence-corrected chi connectivity index (χ4v) is 3.26. The van der Waals surface area contributed by atoms with Gasteiger partial charge in [-0.05, 0) is 22.8 Å². The molecule has 0 aliphatic rings. The molecule has 1 heterocycles. The molecule has 0 spiro atoms. The third kappa shape index (κ3) is 5.60. The van der Waals surface area contributed by atoms with E-state index in [0.29, 0.717) is 28.6 Å². The normalized spacial score (nSPS) is 12.5. The van der Waals surface area contributed by atoms with Gasteiger partial charge < -0.3 is 5.21 Å². The molecule has 11 heteroatoms. The number of nitrogens with two attached hydrogens (primary N) is 1. The first kappa shape index (κ1) is 18.4. The van der Waals surface area contributed by atoms with Gasteiger partial charge in [0.1, 0.15) is 5.71 Å². The summed E-state index contributed by atoms with van der Waals surface area (Å²) in [6.45, 7) is 2.09. The maximum absolute atomic E-state index is 10.8. The van der Waals surface area contributed by atoms with Crippen LogP contribution in [0.15, 0.2) is 39.1 Å². The van der Waals surface area contributed by atoms with Crippen molar-refractivity contribution in [2.45, 2.75) is 18.4 Å². The number of rotatable bonds is 8. The molecule has 9 nitrogen and oxygen atoms in total. The van der Waals surface area contributed by atoms with E-state index in [1.54, 1.807) is 0 Å². The maximum Gasteiger partial charge on any atom is 0.274 e. The summed E-state index contributed by atoms with van der Waals surface area (Å²) >= 11 is 1.21. The zero-order valence-electron chi connectivity index (χ0n) is 12.8. The van der Waals surface area contributed by atoms with Crippen molar-refractivity contribution in [1.29, 1.82) is 0 Å². The average molecular weight is 371 g/mol. The Bertz CT molecular complexity index is 819. The van der Waals surface area contributed by atoms with E-state index in [9.17, 15) is 13.6 Å². The number of nitrogens with zero attached hydrogens (tertiary/aromatic N) is 3. The van der Waals surface area contributed by atoms with Crippen molar-refractivity contribution in [1.82, 2.24) is 15.0 Å². The molecule has 1 aromatic heterocycles. The fraction of sp³-hybridized carbons (Fsp3) is 0.308. The van der Waals surface area contributed by atoms with Gasteiger partial charge in [0.15, 0.2) is 10.7 Å². The second-order valence-electron chi connectivity index (χ2n) is 4.92. The molecule has 0 atom stereocenters. The number of hydrogen-bond acceptors (Lipinski definition) is 8. The molecular formula is C13H17N5O4S2. The highest BCUT2D eigenvalue weighted by molar-refractivity contribution is 7.99. The molecule has 0 radical (unpaired) electrons. The van der Waals surface area contributed by atoms with Gasteiger partial charge in [0.2, 0.25) is 0 Å². The van der Waals surface area contributed by atoms with Crippen molar-refractivity contribution >= 4 is 27.7 Å². The second-order valence-corrected chi connectivity index (χ2v) is 7.38. The van der Waals surface area contributed by atoms with Crippen molar-refractivity contribution in [2.75, 3.05) is 12.3 Å². The second kappa shape index (κ2) is 8.24. The molecule has 0 saturated heterocycles. The van der Waals surface area contributed by atoms with Gasteiger partial charge in [0.25, 0.3) is 10.2 Å². The first-order valence-electron chi connectivity index (χ1n) is 6.88. The Hall–Kier alpha value is -1.95. The number of aryl methyl sites for hydroxylation is 1. The minimum atomic E-state index is -3.73. The van der Waals surface area contributed by atoms with Gasteiger partial charge in [-0.1, -0.05) is 46.7 Å². The molecule has 24 heavy (non-hydrogen) atoms. The number of hydrogen-bond donors (Lipinski definition) is 3. The number of nitrogens with one attached hydrogen (secondary N) is 1. The average Bonchev–Trinajstić information content (AvgIpc) is 2.96. The molecule has 0 aliphatic carbocycles. The molecule has 0 aliphatic heterocycles. The SMILES string of the molecule is Cc1cccc(C/C(=N\O)c2nonc2SCCNS(N)(=O)=O)c1. The number of aromatic nitrogens is 2. The van der Waals surface area contributed by atoms with Crippen LogP contribution in [0.3, 0.4) is 0 Å². The summed E-state index contributed by atoms with van der Waals surface area (Å²) in [5.41, 5.74) is 2.67. The van der Waals surface area contributed by atoms with E-state index in [1.807, 2.05) is 31.2 Å². The van der Waals surface area contributed by atoms with Crippen molar-refractivity contribution in [3.63, 3.8) is 0 Å². The van der Waals surface area contributed by atoms with Gasteiger partial charge in [0, 0.05) is 18.7 Å². The Morgan fingerprint density at radius 1 is 1.46 bits per heavy atom. The highest BCUT2D eigenvalue weighted by Crippen LogP contribution is 2.21. The van der Waals surface area contributed by atoms with E-state index in [4.69, 9.17) is 9.77 Å². The van der Waals surface area contributed by atoms with E-state index < -0.39 is 10.2 Å². The molecule has 2 aromatic rings. The van der Waals surface area contributed by atoms with Crippen LogP contribution in [0, 0.1) is 6.92 Å². The lowest BCUT2D eigenvalue weighted by atomic mass is 10.0. The number of benzene rings is 1. The minimum Gasteiger partial charge on any atom is -0.411 e. The monoisotopic (exact) mass is 371 g/mol. The fourth-order valence-electron chi connectivity index (χ4n) is 1.96. The number of thioether (sulfide) groups is 1. The van der Waals surface area contributed by atoms with Crippen LogP contribution in [0.1, 0.15) is 16.8 Å². The number of oxime groups is 1. The highest BCUT2D eigenvalue weighted by Gasteiger charge is 2.18. The minimum absolute atomic E-state index is 0.124. The van der Waals surface area contributed by atoms with Crippen molar-refractivity contribution < 1.29 is 18.3 Å². The summed E-state index contributed by atoms with van der Waals surface area (Å²) in [5.74, 6) is 0.362. The van der Waals surface area contributed by atoms with Gasteiger partial charge in [-0.15, -0.1) is 0 Å². The van der Waals surface area contributed by atoms with Crippen LogP contribution in [-0.2, 0) is 16.6 Å². The zero-order valence-corrected chi connectivity index (χ0v) is 14.5. The van der Waals surface area contributed by atoms with Crippen molar-refractivity contribution in [2.24, 2.45) is 10.3 Å². The largest absolute Gasteiger partial charge is 0.411 e. The summed E-state index contributed by atoms with van der Waals surface area (Å²) in [4.78, 5) is 0. The van der Waals surface area contributed by atoms with E-state index in [-0.39, 0.29) is 6.54 Å². The molecule has 130 valence electrons. The van der Waals surface area contributed by atoms with E-state index in [1.165, 1.54) is 11.8 Å². The Morgan fingerprint density at radius 2 is 2.25 bits per heavy atom. The Balaban J connectivity index is 2.04. The molecule has 0 bridgehead atoms. The first-order chi connectivity index (χ1) is 11.4. The Labute approximate surface area is 143 Å². The maximum atomic E-state index is 10.8. The molecule has 1 aromatic carbocycles. The van der Waals surface area contributed by atoms with E-state index in [0.717, 1.165) is 11.1 Å². The lowest BCUT2D eigenvalue weighted by Gasteiger charge is -2.04. The first-order valence-corrected chi connectivity index (χ1v) is 9.42. The molecular weight excluding hydrogens is 354 g/mol. The smallest absolute Gasteiger partial charge is 0.274 e. The van der Waals surface area contributed by atoms with Crippen LogP contribution < -0.4 is 9.86 Å². The van der Waals surface area contributed by atoms with Gasteiger partial charge >= 0.3 is 0 Å². The summed E-state index contributed by atoms with van der Waals surface area (Å²) in [6.07, 6.45) is 0.357. The standard InChI is InChI=1S/C13H17N5O4S2/c1-9-3-2-4-10(7-9)8-11(16-19)12-13(18-22-17-12)23-6-5-15-24(14,20)21/h2-4,7,15,19H,5-6,8H2,1H3,(H2,14,20,21)/b16-11+. The molecule has 0 fully saturated rings. The van der Waals surface area contributed by atoms with Gasteiger partial charge in [-0.3, -0.25) is 0 Å². The molecule has 4 N–H and O–H groups in total. The van der Waals surface area contributed by atoms with Gasteiger partial charge in [-0.25, -0.2) is 14.5 Å². The van der Waals surface area contributed by atoms with Crippen LogP contribution in [0.25, 0.3) is 0 Å². The quantitative estimate of drug-likeness (QED) is 0.203. The Morgan fingerprint density at radius 3 is 2.92 bits per heavy atom. The molecule has 0 amide bonds. The summed E-state index contributed by atoms with van der Waals surface area (Å²) in [7, 11) is -3.73. The van der Waals surface area contributed by atoms with Crippen molar-refractivity contribution in [3.05, 3.63) is 41.1 Å². The lowest BCUT2D eigenvalue weighted by molar-refractivity contribution is 0.296. The van der Waals surface area contributed by atoms with Gasteiger partial charge in [0.05, 0.1) is 0 Å². The van der Waals surface area contributed by atoms with Crippen LogP contribution in [0.5, 0.6) is 0 Å². The lowest BCUT2D eigenvalue weighted by Crippen LogP contribution is -2.32. The third-order valence-corrected chi connectivity index (χ3v) is 4.51. The van der Waals surface area contributed by atoms with Crippen LogP contribution in [0.4, 0.5) is 0 Å². The van der Waals surface area contributed by atoms with Crippen LogP contribution >= 0.6 is 11.8 Å². The molecule has 0 unspecified atom stereocenters. The summed E-state index contributed by atoms with van der Waals surface area (Å²) < 4.78 is 28.5. The van der Waals surface area contributed by atoms with Crippen LogP contribution in [-0.4, -0.2) is 41.9 Å². The highest BCUT2D eigenvalue weighted by atomic mass is 32.2. The molecule has 0 saturated carbocycles. The van der Waals surface area contributed by atoms with E-state index >= 15 is 0 Å². The summed E-state index contributed by atoms with van der Waals surface area (Å²) in [6, 6.07) is 7.77. The summed E-state index contributed by atoms with van der Waals surface area (Å²) in [5, 5.41) is 25.4. The topological polar surface area (TPSA) is 144 Å². The van der Waals surface area contributed by atoms with Crippen molar-refractivity contribution in [3.8, 4) is 0 Å². The van der Waals surface area contributed by atoms with Gasteiger partial charge in [-0.2, -0.15) is 8.42 Å². The predicted molar refractivity (Wildman–Crippen MR) is 89.3 cm³/mol. The van der Waals surface area contributed by atoms with Crippen LogP contribution in [0.2, 0.25) is 0 Å². The predicted octanol–water partition coefficient (Wildman–Crippen LogP) is 0.684. The van der Waals surface area contributed by atoms with E-state index in [2.05, 4.69) is 20.2 Å². The third-order valence-electron chi connectivity index (χ3n) is 2.95. The molecule has 2 rings (SSSR count). The zero-order chi connectivity index (χ0) is 17.6.